The second-order valence-corrected chi connectivity index (χ2v) is 6.02. The van der Waals surface area contributed by atoms with Crippen LogP contribution in [-0.2, 0) is 0 Å². The highest BCUT2D eigenvalue weighted by Gasteiger charge is 2.29. The maximum Gasteiger partial charge on any atom is 0.267 e. The molecule has 5 N–H and O–H groups in total. The molecule has 0 aliphatic carbocycles. The number of benzene rings is 1. The molecule has 2 unspecified atom stereocenters. The third-order valence-electron chi connectivity index (χ3n) is 4.38. The van der Waals surface area contributed by atoms with Gasteiger partial charge in [-0.15, -0.1) is 0 Å². The molecule has 1 aromatic heterocycles. The van der Waals surface area contributed by atoms with E-state index in [1.807, 2.05) is 0 Å². The lowest BCUT2D eigenvalue weighted by molar-refractivity contribution is 0.0919. The molecule has 0 radical (unpaired) electrons. The van der Waals surface area contributed by atoms with Crippen LogP contribution < -0.4 is 16.4 Å². The van der Waals surface area contributed by atoms with Crippen molar-refractivity contribution in [3.63, 3.8) is 0 Å². The average Bonchev–Trinajstić information content (AvgIpc) is 3.08. The van der Waals surface area contributed by atoms with Crippen molar-refractivity contribution >= 4 is 11.8 Å². The first-order valence-electron chi connectivity index (χ1n) is 7.90. The first kappa shape index (κ1) is 17.1. The van der Waals surface area contributed by atoms with Crippen molar-refractivity contribution in [3.05, 3.63) is 58.9 Å². The number of nitrogens with two attached hydrogens (primary N) is 1. The summed E-state index contributed by atoms with van der Waals surface area (Å²) in [5, 5.41) is 6.04. The van der Waals surface area contributed by atoms with Gasteiger partial charge in [-0.25, -0.2) is 8.78 Å². The highest BCUT2D eigenvalue weighted by atomic mass is 19.2. The molecule has 2 amide bonds. The third-order valence-corrected chi connectivity index (χ3v) is 4.38. The van der Waals surface area contributed by atoms with E-state index in [9.17, 15) is 18.4 Å². The molecule has 0 bridgehead atoms. The van der Waals surface area contributed by atoms with Crippen LogP contribution in [-0.4, -0.2) is 35.9 Å². The zero-order chi connectivity index (χ0) is 18.0. The fourth-order valence-electron chi connectivity index (χ4n) is 3.07. The molecule has 1 aliphatic rings. The number of aromatic amines is 1. The number of H-pyrrole nitrogens is 1. The van der Waals surface area contributed by atoms with Gasteiger partial charge in [0.05, 0.1) is 5.56 Å². The van der Waals surface area contributed by atoms with E-state index in [2.05, 4.69) is 15.6 Å². The first-order valence-corrected chi connectivity index (χ1v) is 7.90. The first-order chi connectivity index (χ1) is 12.0. The Bertz CT molecular complexity index is 806. The topological polar surface area (TPSA) is 100 Å². The van der Waals surface area contributed by atoms with Crippen LogP contribution in [0.3, 0.4) is 0 Å². The summed E-state index contributed by atoms with van der Waals surface area (Å²) in [6, 6.07) is 4.87. The number of hydrogen-bond donors (Lipinski definition) is 4. The Balaban J connectivity index is 1.77. The third kappa shape index (κ3) is 3.69. The number of rotatable bonds is 4. The molecular formula is C17H18F2N4O2. The Morgan fingerprint density at radius 2 is 2.00 bits per heavy atom. The van der Waals surface area contributed by atoms with Gasteiger partial charge >= 0.3 is 0 Å². The van der Waals surface area contributed by atoms with E-state index in [1.165, 1.54) is 24.4 Å². The lowest BCUT2D eigenvalue weighted by Crippen LogP contribution is -2.50. The van der Waals surface area contributed by atoms with Crippen molar-refractivity contribution in [2.24, 2.45) is 5.73 Å². The van der Waals surface area contributed by atoms with Crippen LogP contribution in [0.25, 0.3) is 0 Å². The number of hydrogen-bond acceptors (Lipinski definition) is 3. The number of primary amides is 1. The van der Waals surface area contributed by atoms with Gasteiger partial charge in [-0.05, 0) is 36.7 Å². The van der Waals surface area contributed by atoms with E-state index < -0.39 is 23.4 Å². The van der Waals surface area contributed by atoms with Gasteiger partial charge in [-0.2, -0.15) is 0 Å². The van der Waals surface area contributed by atoms with Gasteiger partial charge < -0.3 is 21.4 Å². The predicted octanol–water partition coefficient (Wildman–Crippen LogP) is 1.27. The Hall–Kier alpha value is -2.74. The fraction of sp³-hybridized carbons (Fsp3) is 0.294. The molecule has 0 saturated carbocycles. The van der Waals surface area contributed by atoms with Gasteiger partial charge in [0, 0.05) is 24.7 Å². The molecule has 1 aliphatic heterocycles. The molecule has 8 heteroatoms. The quantitative estimate of drug-likeness (QED) is 0.669. The summed E-state index contributed by atoms with van der Waals surface area (Å²) >= 11 is 0. The minimum absolute atomic E-state index is 0.147. The van der Waals surface area contributed by atoms with Crippen molar-refractivity contribution in [2.45, 2.75) is 18.4 Å². The molecule has 2 atom stereocenters. The molecule has 0 spiro atoms. The normalized spacial score (nSPS) is 20.2. The van der Waals surface area contributed by atoms with Crippen LogP contribution in [0.1, 0.15) is 38.7 Å². The van der Waals surface area contributed by atoms with Gasteiger partial charge in [0.15, 0.2) is 11.6 Å². The Morgan fingerprint density at radius 1 is 1.20 bits per heavy atom. The molecule has 1 saturated heterocycles. The van der Waals surface area contributed by atoms with E-state index in [4.69, 9.17) is 5.73 Å². The molecular weight excluding hydrogens is 330 g/mol. The average molecular weight is 348 g/mol. The summed E-state index contributed by atoms with van der Waals surface area (Å²) in [5.74, 6) is -2.98. The van der Waals surface area contributed by atoms with Gasteiger partial charge in [0.25, 0.3) is 5.91 Å². The molecule has 3 rings (SSSR count). The standard InChI is InChI=1S/C17H18F2N4O2/c18-12-2-1-9(5-13(12)19)11-3-4-21-8-15(11)23-17(25)14-6-10(7-22-14)16(20)24/h1-2,5-7,11,15,21-22H,3-4,8H2,(H2,20,24)(H,23,25). The minimum Gasteiger partial charge on any atom is -0.366 e. The van der Waals surface area contributed by atoms with Gasteiger partial charge in [0.2, 0.25) is 5.91 Å². The summed E-state index contributed by atoms with van der Waals surface area (Å²) in [4.78, 5) is 26.2. The number of halogens is 2. The lowest BCUT2D eigenvalue weighted by Gasteiger charge is -2.33. The van der Waals surface area contributed by atoms with Crippen molar-refractivity contribution in [2.75, 3.05) is 13.1 Å². The number of carbonyl (C=O) groups is 2. The van der Waals surface area contributed by atoms with E-state index in [0.717, 1.165) is 6.07 Å². The van der Waals surface area contributed by atoms with E-state index in [-0.39, 0.29) is 23.2 Å². The van der Waals surface area contributed by atoms with Crippen LogP contribution >= 0.6 is 0 Å². The van der Waals surface area contributed by atoms with Crippen molar-refractivity contribution in [3.8, 4) is 0 Å². The van der Waals surface area contributed by atoms with E-state index in [0.29, 0.717) is 25.1 Å². The molecule has 1 aromatic carbocycles. The van der Waals surface area contributed by atoms with Crippen LogP contribution in [0.15, 0.2) is 30.5 Å². The van der Waals surface area contributed by atoms with Crippen LogP contribution in [0, 0.1) is 11.6 Å². The van der Waals surface area contributed by atoms with Gasteiger partial charge in [0.1, 0.15) is 5.69 Å². The predicted molar refractivity (Wildman–Crippen MR) is 87.2 cm³/mol. The molecule has 2 aromatic rings. The smallest absolute Gasteiger partial charge is 0.267 e. The second-order valence-electron chi connectivity index (χ2n) is 6.02. The highest BCUT2D eigenvalue weighted by Crippen LogP contribution is 2.27. The monoisotopic (exact) mass is 348 g/mol. The minimum atomic E-state index is -0.906. The summed E-state index contributed by atoms with van der Waals surface area (Å²) in [6.45, 7) is 1.21. The van der Waals surface area contributed by atoms with Crippen molar-refractivity contribution in [1.82, 2.24) is 15.6 Å². The number of nitrogens with one attached hydrogen (secondary N) is 3. The maximum atomic E-state index is 13.5. The number of amides is 2. The molecule has 2 heterocycles. The molecule has 132 valence electrons. The summed E-state index contributed by atoms with van der Waals surface area (Å²) in [5.41, 5.74) is 6.23. The van der Waals surface area contributed by atoms with Crippen molar-refractivity contribution < 1.29 is 18.4 Å². The SMILES string of the molecule is NC(=O)c1c[nH]c(C(=O)NC2CNCCC2c2ccc(F)c(F)c2)c1. The van der Waals surface area contributed by atoms with Crippen LogP contribution in [0.4, 0.5) is 8.78 Å². The summed E-state index contributed by atoms with van der Waals surface area (Å²) < 4.78 is 26.7. The number of carbonyl (C=O) groups excluding carboxylic acids is 2. The van der Waals surface area contributed by atoms with E-state index in [1.54, 1.807) is 0 Å². The summed E-state index contributed by atoms with van der Waals surface area (Å²) in [6.07, 6.45) is 2.04. The van der Waals surface area contributed by atoms with Gasteiger partial charge in [-0.1, -0.05) is 6.07 Å². The lowest BCUT2D eigenvalue weighted by atomic mass is 9.86. The largest absolute Gasteiger partial charge is 0.366 e. The Labute approximate surface area is 142 Å². The van der Waals surface area contributed by atoms with E-state index >= 15 is 0 Å². The van der Waals surface area contributed by atoms with Crippen molar-refractivity contribution in [1.29, 1.82) is 0 Å². The zero-order valence-electron chi connectivity index (χ0n) is 13.3. The van der Waals surface area contributed by atoms with Gasteiger partial charge in [-0.3, -0.25) is 9.59 Å². The summed E-state index contributed by atoms with van der Waals surface area (Å²) in [7, 11) is 0. The number of aromatic nitrogens is 1. The second kappa shape index (κ2) is 7.02. The molecule has 25 heavy (non-hydrogen) atoms. The Morgan fingerprint density at radius 3 is 2.68 bits per heavy atom. The zero-order valence-corrected chi connectivity index (χ0v) is 13.3. The fourth-order valence-corrected chi connectivity index (χ4v) is 3.07. The molecule has 6 nitrogen and oxygen atoms in total. The molecule has 1 fully saturated rings. The maximum absolute atomic E-state index is 13.5. The van der Waals surface area contributed by atoms with Crippen LogP contribution in [0.5, 0.6) is 0 Å². The van der Waals surface area contributed by atoms with Crippen LogP contribution in [0.2, 0.25) is 0 Å². The Kier molecular flexibility index (Phi) is 4.80. The highest BCUT2D eigenvalue weighted by molar-refractivity contribution is 5.98. The number of piperidine rings is 1.